The number of anilines is 1. The Kier molecular flexibility index (Phi) is 5.53. The summed E-state index contributed by atoms with van der Waals surface area (Å²) in [6, 6.07) is 13.8. The van der Waals surface area contributed by atoms with Gasteiger partial charge >= 0.3 is 0 Å². The molecule has 6 nitrogen and oxygen atoms in total. The SMILES string of the molecule is CC(C)NS(=O)(=O)c1ccc(OCC(=O)N2c3ccccc3C[C@H]2C)cc1. The third-order valence-electron chi connectivity index (χ3n) is 4.36. The lowest BCUT2D eigenvalue weighted by Gasteiger charge is -2.22. The first-order valence-electron chi connectivity index (χ1n) is 8.93. The summed E-state index contributed by atoms with van der Waals surface area (Å²) in [6.45, 7) is 5.44. The van der Waals surface area contributed by atoms with Crippen LogP contribution in [0.3, 0.4) is 0 Å². The van der Waals surface area contributed by atoms with Gasteiger partial charge in [0.15, 0.2) is 6.61 Å². The van der Waals surface area contributed by atoms with Gasteiger partial charge in [0.2, 0.25) is 10.0 Å². The molecule has 1 heterocycles. The Labute approximate surface area is 160 Å². The molecule has 1 aliphatic rings. The fraction of sp³-hybridized carbons (Fsp3) is 0.350. The van der Waals surface area contributed by atoms with E-state index in [-0.39, 0.29) is 29.5 Å². The van der Waals surface area contributed by atoms with E-state index in [1.54, 1.807) is 30.9 Å². The third kappa shape index (κ3) is 4.31. The summed E-state index contributed by atoms with van der Waals surface area (Å²) < 4.78 is 32.4. The van der Waals surface area contributed by atoms with Crippen molar-refractivity contribution >= 4 is 21.6 Å². The van der Waals surface area contributed by atoms with Crippen LogP contribution in [0.15, 0.2) is 53.4 Å². The van der Waals surface area contributed by atoms with Gasteiger partial charge in [0.05, 0.1) is 4.90 Å². The summed E-state index contributed by atoms with van der Waals surface area (Å²) in [6.07, 6.45) is 0.831. The Bertz CT molecular complexity index is 923. The standard InChI is InChI=1S/C20H24N2O4S/c1-14(2)21-27(24,25)18-10-8-17(9-11-18)26-13-20(23)22-15(3)12-16-6-4-5-7-19(16)22/h4-11,14-15,21H,12-13H2,1-3H3/t15-/m1/s1. The van der Waals surface area contributed by atoms with Crippen LogP contribution in [-0.4, -0.2) is 33.0 Å². The zero-order valence-electron chi connectivity index (χ0n) is 15.7. The highest BCUT2D eigenvalue weighted by molar-refractivity contribution is 7.89. The number of nitrogens with one attached hydrogen (secondary N) is 1. The van der Waals surface area contributed by atoms with Crippen LogP contribution < -0.4 is 14.4 Å². The first kappa shape index (κ1) is 19.4. The minimum Gasteiger partial charge on any atom is -0.484 e. The number of rotatable bonds is 6. The molecule has 0 radical (unpaired) electrons. The van der Waals surface area contributed by atoms with Crippen molar-refractivity contribution in [2.45, 2.75) is 44.2 Å². The van der Waals surface area contributed by atoms with Gasteiger partial charge in [-0.3, -0.25) is 4.79 Å². The van der Waals surface area contributed by atoms with E-state index in [0.29, 0.717) is 5.75 Å². The van der Waals surface area contributed by atoms with Gasteiger partial charge in [0.1, 0.15) is 5.75 Å². The molecule has 2 aromatic carbocycles. The van der Waals surface area contributed by atoms with Crippen LogP contribution >= 0.6 is 0 Å². The van der Waals surface area contributed by atoms with Gasteiger partial charge in [0, 0.05) is 17.8 Å². The molecule has 1 N–H and O–H groups in total. The number of carbonyl (C=O) groups is 1. The Morgan fingerprint density at radius 3 is 2.52 bits per heavy atom. The van der Waals surface area contributed by atoms with Crippen molar-refractivity contribution in [1.29, 1.82) is 0 Å². The quantitative estimate of drug-likeness (QED) is 0.826. The van der Waals surface area contributed by atoms with Gasteiger partial charge in [-0.2, -0.15) is 0 Å². The Morgan fingerprint density at radius 1 is 1.19 bits per heavy atom. The predicted octanol–water partition coefficient (Wildman–Crippen LogP) is 2.73. The number of hydrogen-bond acceptors (Lipinski definition) is 4. The molecular formula is C20H24N2O4S. The summed E-state index contributed by atoms with van der Waals surface area (Å²) in [5.41, 5.74) is 2.09. The molecule has 0 unspecified atom stereocenters. The summed E-state index contributed by atoms with van der Waals surface area (Å²) in [4.78, 5) is 14.6. The lowest BCUT2D eigenvalue weighted by molar-refractivity contribution is -0.120. The van der Waals surface area contributed by atoms with Crippen LogP contribution in [0.2, 0.25) is 0 Å². The number of ether oxygens (including phenoxy) is 1. The number of amides is 1. The molecule has 3 rings (SSSR count). The largest absolute Gasteiger partial charge is 0.484 e. The molecule has 0 saturated heterocycles. The molecule has 1 aliphatic heterocycles. The Hall–Kier alpha value is -2.38. The average Bonchev–Trinajstić information content (AvgIpc) is 2.94. The number of nitrogens with zero attached hydrogens (tertiary/aromatic N) is 1. The number of fused-ring (bicyclic) bond motifs is 1. The van der Waals surface area contributed by atoms with Crippen molar-refractivity contribution in [1.82, 2.24) is 4.72 Å². The Balaban J connectivity index is 1.65. The first-order chi connectivity index (χ1) is 12.8. The van der Waals surface area contributed by atoms with Gasteiger partial charge in [-0.25, -0.2) is 13.1 Å². The summed E-state index contributed by atoms with van der Waals surface area (Å²) in [7, 11) is -3.54. The molecule has 0 fully saturated rings. The van der Waals surface area contributed by atoms with E-state index >= 15 is 0 Å². The van der Waals surface area contributed by atoms with E-state index in [9.17, 15) is 13.2 Å². The summed E-state index contributed by atoms with van der Waals surface area (Å²) in [5, 5.41) is 0. The molecule has 0 saturated carbocycles. The van der Waals surface area contributed by atoms with Crippen molar-refractivity contribution < 1.29 is 17.9 Å². The van der Waals surface area contributed by atoms with E-state index < -0.39 is 10.0 Å². The molecule has 2 aromatic rings. The van der Waals surface area contributed by atoms with Crippen molar-refractivity contribution in [3.05, 3.63) is 54.1 Å². The van der Waals surface area contributed by atoms with Gasteiger partial charge in [-0.15, -0.1) is 0 Å². The molecule has 0 aromatic heterocycles. The van der Waals surface area contributed by atoms with Crippen molar-refractivity contribution in [3.63, 3.8) is 0 Å². The molecule has 1 amide bonds. The third-order valence-corrected chi connectivity index (χ3v) is 6.04. The average molecular weight is 388 g/mol. The maximum atomic E-state index is 12.6. The minimum atomic E-state index is -3.54. The number of hydrogen-bond donors (Lipinski definition) is 1. The molecule has 7 heteroatoms. The van der Waals surface area contributed by atoms with Gasteiger partial charge in [-0.05, 0) is 63.1 Å². The number of sulfonamides is 1. The van der Waals surface area contributed by atoms with E-state index in [0.717, 1.165) is 17.7 Å². The molecule has 1 atom stereocenters. The van der Waals surface area contributed by atoms with Crippen LogP contribution in [-0.2, 0) is 21.2 Å². The zero-order valence-corrected chi connectivity index (χ0v) is 16.5. The topological polar surface area (TPSA) is 75.7 Å². The molecule has 27 heavy (non-hydrogen) atoms. The van der Waals surface area contributed by atoms with E-state index in [2.05, 4.69) is 4.72 Å². The first-order valence-corrected chi connectivity index (χ1v) is 10.4. The normalized spacial score (nSPS) is 16.4. The smallest absolute Gasteiger partial charge is 0.265 e. The van der Waals surface area contributed by atoms with Crippen LogP contribution in [0, 0.1) is 0 Å². The lowest BCUT2D eigenvalue weighted by Crippen LogP contribution is -2.39. The highest BCUT2D eigenvalue weighted by Gasteiger charge is 2.30. The molecular weight excluding hydrogens is 364 g/mol. The van der Waals surface area contributed by atoms with Crippen LogP contribution in [0.1, 0.15) is 26.3 Å². The van der Waals surface area contributed by atoms with Crippen LogP contribution in [0.4, 0.5) is 5.69 Å². The van der Waals surface area contributed by atoms with Gasteiger partial charge in [0.25, 0.3) is 5.91 Å². The highest BCUT2D eigenvalue weighted by Crippen LogP contribution is 2.31. The van der Waals surface area contributed by atoms with Crippen LogP contribution in [0.25, 0.3) is 0 Å². The fourth-order valence-electron chi connectivity index (χ4n) is 3.25. The molecule has 0 bridgehead atoms. The molecule has 0 aliphatic carbocycles. The van der Waals surface area contributed by atoms with Crippen molar-refractivity contribution in [3.8, 4) is 5.75 Å². The second kappa shape index (κ2) is 7.70. The number of carbonyl (C=O) groups excluding carboxylic acids is 1. The maximum Gasteiger partial charge on any atom is 0.265 e. The molecule has 0 spiro atoms. The van der Waals surface area contributed by atoms with Crippen molar-refractivity contribution in [2.24, 2.45) is 0 Å². The van der Waals surface area contributed by atoms with E-state index in [4.69, 9.17) is 4.74 Å². The predicted molar refractivity (Wildman–Crippen MR) is 104 cm³/mol. The lowest BCUT2D eigenvalue weighted by atomic mass is 10.1. The Morgan fingerprint density at radius 2 is 1.85 bits per heavy atom. The van der Waals surface area contributed by atoms with E-state index in [1.165, 1.54) is 12.1 Å². The monoisotopic (exact) mass is 388 g/mol. The number of para-hydroxylation sites is 1. The molecule has 144 valence electrons. The zero-order chi connectivity index (χ0) is 19.6. The number of benzene rings is 2. The maximum absolute atomic E-state index is 12.6. The van der Waals surface area contributed by atoms with Crippen molar-refractivity contribution in [2.75, 3.05) is 11.5 Å². The minimum absolute atomic E-state index is 0.0909. The summed E-state index contributed by atoms with van der Waals surface area (Å²) in [5.74, 6) is 0.331. The van der Waals surface area contributed by atoms with E-state index in [1.807, 2.05) is 31.2 Å². The second-order valence-corrected chi connectivity index (χ2v) is 8.70. The second-order valence-electron chi connectivity index (χ2n) is 6.98. The van der Waals surface area contributed by atoms with Gasteiger partial charge < -0.3 is 9.64 Å². The summed E-state index contributed by atoms with van der Waals surface area (Å²) >= 11 is 0. The van der Waals surface area contributed by atoms with Gasteiger partial charge in [-0.1, -0.05) is 18.2 Å². The van der Waals surface area contributed by atoms with Crippen LogP contribution in [0.5, 0.6) is 5.75 Å². The highest BCUT2D eigenvalue weighted by atomic mass is 32.2. The fourth-order valence-corrected chi connectivity index (χ4v) is 4.50.